The summed E-state index contributed by atoms with van der Waals surface area (Å²) in [6, 6.07) is 0. The van der Waals surface area contributed by atoms with E-state index in [4.69, 9.17) is 14.9 Å². The molecule has 11 nitrogen and oxygen atoms in total. The van der Waals surface area contributed by atoms with Crippen LogP contribution < -0.4 is 0 Å². The second kappa shape index (κ2) is 7.90. The first-order valence-electron chi connectivity index (χ1n) is 6.81. The third kappa shape index (κ3) is 3.53. The highest BCUT2D eigenvalue weighted by molar-refractivity contribution is 5.93. The monoisotopic (exact) mass is 342 g/mol. The van der Waals surface area contributed by atoms with Gasteiger partial charge in [-0.3, -0.25) is 4.79 Å². The molecule has 0 amide bonds. The van der Waals surface area contributed by atoms with Crippen LogP contribution in [-0.2, 0) is 9.53 Å². The Bertz CT molecular complexity index is 404. The Balaban J connectivity index is 3.00. The van der Waals surface area contributed by atoms with E-state index in [0.717, 1.165) is 0 Å². The number of ketones is 1. The van der Waals surface area contributed by atoms with Crippen LogP contribution in [0.25, 0.3) is 0 Å². The van der Waals surface area contributed by atoms with Crippen LogP contribution in [0.15, 0.2) is 0 Å². The van der Waals surface area contributed by atoms with Gasteiger partial charge in [0.05, 0.1) is 19.8 Å². The van der Waals surface area contributed by atoms with E-state index in [1.165, 1.54) is 0 Å². The van der Waals surface area contributed by atoms with Gasteiger partial charge in [-0.15, -0.1) is 0 Å². The molecule has 0 aliphatic carbocycles. The quantitative estimate of drug-likeness (QED) is 0.203. The van der Waals surface area contributed by atoms with Crippen LogP contribution in [-0.4, -0.2) is 120 Å². The molecule has 1 aliphatic heterocycles. The first kappa shape index (κ1) is 20.3. The maximum atomic E-state index is 12.3. The molecule has 1 rings (SSSR count). The van der Waals surface area contributed by atoms with Gasteiger partial charge in [-0.2, -0.15) is 0 Å². The van der Waals surface area contributed by atoms with Gasteiger partial charge in [-0.25, -0.2) is 0 Å². The number of carbonyl (C=O) groups excluding carboxylic acids is 1. The summed E-state index contributed by atoms with van der Waals surface area (Å²) in [5, 5.41) is 84.8. The Kier molecular flexibility index (Phi) is 6.97. The number of rotatable bonds is 8. The summed E-state index contributed by atoms with van der Waals surface area (Å²) in [6.07, 6.45) is -13.8. The number of aliphatic hydroxyl groups excluding tert-OH is 9. The number of Topliss-reactive ketones (excluding diaryl/α,β-unsaturated/α-hetero) is 1. The molecule has 1 heterocycles. The average Bonchev–Trinajstić information content (AvgIpc) is 2.83. The van der Waals surface area contributed by atoms with Crippen molar-refractivity contribution in [3.8, 4) is 0 Å². The SMILES string of the molecule is O=C(C(O)C(O)C(O)C(O)CO)C1(CO)O[C@H](CO)[C@@H](O)[C@@H]1O. The predicted octanol–water partition coefficient (Wildman–Crippen LogP) is -6.16. The van der Waals surface area contributed by atoms with Crippen molar-refractivity contribution in [3.05, 3.63) is 0 Å². The summed E-state index contributed by atoms with van der Waals surface area (Å²) in [5.74, 6) is -1.47. The van der Waals surface area contributed by atoms with Crippen LogP contribution in [0.2, 0.25) is 0 Å². The Morgan fingerprint density at radius 1 is 1.04 bits per heavy atom. The van der Waals surface area contributed by atoms with Gasteiger partial charge in [0, 0.05) is 0 Å². The Hall–Kier alpha value is -0.730. The predicted molar refractivity (Wildman–Crippen MR) is 69.9 cm³/mol. The highest BCUT2D eigenvalue weighted by atomic mass is 16.6. The molecule has 0 spiro atoms. The Morgan fingerprint density at radius 2 is 1.61 bits per heavy atom. The third-order valence-electron chi connectivity index (χ3n) is 3.90. The molecule has 1 aliphatic rings. The van der Waals surface area contributed by atoms with Crippen molar-refractivity contribution in [1.82, 2.24) is 0 Å². The highest BCUT2D eigenvalue weighted by Gasteiger charge is 2.60. The summed E-state index contributed by atoms with van der Waals surface area (Å²) in [4.78, 5) is 12.3. The molecule has 0 aromatic heterocycles. The van der Waals surface area contributed by atoms with Crippen molar-refractivity contribution in [2.75, 3.05) is 19.8 Å². The minimum absolute atomic E-state index is 0.794. The molecule has 1 saturated heterocycles. The number of hydrogen-bond acceptors (Lipinski definition) is 11. The fourth-order valence-electron chi connectivity index (χ4n) is 2.37. The number of carbonyl (C=O) groups is 1. The largest absolute Gasteiger partial charge is 0.394 e. The van der Waals surface area contributed by atoms with Gasteiger partial charge < -0.3 is 50.7 Å². The molecule has 0 saturated carbocycles. The van der Waals surface area contributed by atoms with Crippen LogP contribution in [0, 0.1) is 0 Å². The minimum atomic E-state index is -2.53. The molecule has 136 valence electrons. The fraction of sp³-hybridized carbons (Fsp3) is 0.917. The van der Waals surface area contributed by atoms with Gasteiger partial charge in [-0.05, 0) is 0 Å². The van der Waals surface area contributed by atoms with Crippen molar-refractivity contribution in [1.29, 1.82) is 0 Å². The molecule has 5 unspecified atom stereocenters. The van der Waals surface area contributed by atoms with Crippen molar-refractivity contribution >= 4 is 5.78 Å². The first-order chi connectivity index (χ1) is 10.7. The lowest BCUT2D eigenvalue weighted by Crippen LogP contribution is -2.60. The lowest BCUT2D eigenvalue weighted by Gasteiger charge is -2.33. The van der Waals surface area contributed by atoms with E-state index in [0.29, 0.717) is 0 Å². The van der Waals surface area contributed by atoms with E-state index in [9.17, 15) is 40.5 Å². The summed E-state index contributed by atoms with van der Waals surface area (Å²) < 4.78 is 4.96. The van der Waals surface area contributed by atoms with Crippen LogP contribution in [0.3, 0.4) is 0 Å². The van der Waals surface area contributed by atoms with Crippen molar-refractivity contribution in [2.24, 2.45) is 0 Å². The van der Waals surface area contributed by atoms with Gasteiger partial charge in [0.2, 0.25) is 5.78 Å². The molecule has 0 aromatic carbocycles. The molecular formula is C12H22O11. The van der Waals surface area contributed by atoms with Gasteiger partial charge >= 0.3 is 0 Å². The number of ether oxygens (including phenoxy) is 1. The van der Waals surface area contributed by atoms with Crippen molar-refractivity contribution in [3.63, 3.8) is 0 Å². The lowest BCUT2D eigenvalue weighted by molar-refractivity contribution is -0.181. The van der Waals surface area contributed by atoms with E-state index in [-0.39, 0.29) is 0 Å². The molecule has 23 heavy (non-hydrogen) atoms. The molecule has 0 radical (unpaired) electrons. The Morgan fingerprint density at radius 3 is 2.00 bits per heavy atom. The molecular weight excluding hydrogens is 320 g/mol. The molecule has 9 N–H and O–H groups in total. The lowest BCUT2D eigenvalue weighted by atomic mass is 9.85. The minimum Gasteiger partial charge on any atom is -0.394 e. The Labute approximate surface area is 130 Å². The molecule has 11 heteroatoms. The third-order valence-corrected chi connectivity index (χ3v) is 3.90. The normalized spacial score (nSPS) is 36.5. The zero-order valence-electron chi connectivity index (χ0n) is 12.0. The first-order valence-corrected chi connectivity index (χ1v) is 6.81. The van der Waals surface area contributed by atoms with Gasteiger partial charge in [0.15, 0.2) is 5.60 Å². The topological polar surface area (TPSA) is 208 Å². The molecule has 0 aromatic rings. The molecule has 0 bridgehead atoms. The van der Waals surface area contributed by atoms with E-state index in [1.54, 1.807) is 0 Å². The zero-order valence-corrected chi connectivity index (χ0v) is 12.0. The van der Waals surface area contributed by atoms with Gasteiger partial charge in [-0.1, -0.05) is 0 Å². The van der Waals surface area contributed by atoms with Crippen LogP contribution in [0.1, 0.15) is 0 Å². The number of hydrogen-bond donors (Lipinski definition) is 9. The van der Waals surface area contributed by atoms with E-state index in [1.807, 2.05) is 0 Å². The standard InChI is InChI=1S/C12H22O11/c13-1-4(16)6(17)8(19)9(20)11(22)12(3-15)10(21)7(18)5(2-14)23-12/h4-10,13-21H,1-3H2/t4?,5-,6?,7-,8?,9?,10+,12?/m1/s1. The van der Waals surface area contributed by atoms with E-state index < -0.39 is 73.9 Å². The van der Waals surface area contributed by atoms with Crippen LogP contribution in [0.5, 0.6) is 0 Å². The number of aliphatic hydroxyl groups is 9. The van der Waals surface area contributed by atoms with Gasteiger partial charge in [0.1, 0.15) is 42.7 Å². The van der Waals surface area contributed by atoms with Gasteiger partial charge in [0.25, 0.3) is 0 Å². The van der Waals surface area contributed by atoms with E-state index >= 15 is 0 Å². The maximum Gasteiger partial charge on any atom is 0.200 e. The van der Waals surface area contributed by atoms with Crippen molar-refractivity contribution in [2.45, 2.75) is 48.3 Å². The van der Waals surface area contributed by atoms with Crippen LogP contribution >= 0.6 is 0 Å². The highest BCUT2D eigenvalue weighted by Crippen LogP contribution is 2.33. The zero-order chi connectivity index (χ0) is 17.9. The summed E-state index contributed by atoms with van der Waals surface area (Å²) in [6.45, 7) is -2.95. The summed E-state index contributed by atoms with van der Waals surface area (Å²) in [7, 11) is 0. The molecule has 8 atom stereocenters. The maximum absolute atomic E-state index is 12.3. The molecule has 1 fully saturated rings. The van der Waals surface area contributed by atoms with E-state index in [2.05, 4.69) is 0 Å². The summed E-state index contributed by atoms with van der Waals surface area (Å²) in [5.41, 5.74) is -2.53. The fourth-order valence-corrected chi connectivity index (χ4v) is 2.37. The second-order valence-electron chi connectivity index (χ2n) is 5.36. The second-order valence-corrected chi connectivity index (χ2v) is 5.36. The summed E-state index contributed by atoms with van der Waals surface area (Å²) >= 11 is 0. The smallest absolute Gasteiger partial charge is 0.200 e. The van der Waals surface area contributed by atoms with Crippen molar-refractivity contribution < 1.29 is 55.5 Å². The van der Waals surface area contributed by atoms with Crippen LogP contribution in [0.4, 0.5) is 0 Å². The average molecular weight is 342 g/mol.